The molecule has 0 saturated carbocycles. The SMILES string of the molecule is CCCCc1nc(CC)c(CNCC)s1. The summed E-state index contributed by atoms with van der Waals surface area (Å²) >= 11 is 1.89. The van der Waals surface area contributed by atoms with Gasteiger partial charge in [0.1, 0.15) is 0 Å². The second-order valence-corrected chi connectivity index (χ2v) is 4.88. The molecule has 1 heterocycles. The Morgan fingerprint density at radius 3 is 2.67 bits per heavy atom. The topological polar surface area (TPSA) is 24.9 Å². The van der Waals surface area contributed by atoms with Gasteiger partial charge in [-0.2, -0.15) is 0 Å². The van der Waals surface area contributed by atoms with Crippen LogP contribution < -0.4 is 5.32 Å². The molecule has 2 nitrogen and oxygen atoms in total. The van der Waals surface area contributed by atoms with Crippen LogP contribution >= 0.6 is 11.3 Å². The average molecular weight is 226 g/mol. The predicted octanol–water partition coefficient (Wildman–Crippen LogP) is 3.16. The Balaban J connectivity index is 2.62. The Bertz CT molecular complexity index is 281. The van der Waals surface area contributed by atoms with Crippen molar-refractivity contribution in [1.82, 2.24) is 10.3 Å². The Labute approximate surface area is 97.1 Å². The molecule has 0 saturated heterocycles. The fraction of sp³-hybridized carbons (Fsp3) is 0.750. The van der Waals surface area contributed by atoms with Crippen molar-refractivity contribution in [1.29, 1.82) is 0 Å². The zero-order valence-electron chi connectivity index (χ0n) is 10.1. The van der Waals surface area contributed by atoms with Crippen molar-refractivity contribution < 1.29 is 0 Å². The number of hydrogen-bond donors (Lipinski definition) is 1. The molecule has 1 aromatic rings. The van der Waals surface area contributed by atoms with Crippen LogP contribution in [0, 0.1) is 0 Å². The Kier molecular flexibility index (Phi) is 5.88. The lowest BCUT2D eigenvalue weighted by molar-refractivity contribution is 0.726. The summed E-state index contributed by atoms with van der Waals surface area (Å²) in [5.41, 5.74) is 1.30. The molecule has 15 heavy (non-hydrogen) atoms. The Morgan fingerprint density at radius 2 is 2.07 bits per heavy atom. The molecule has 0 aromatic carbocycles. The highest BCUT2D eigenvalue weighted by molar-refractivity contribution is 7.11. The number of aromatic nitrogens is 1. The van der Waals surface area contributed by atoms with Crippen LogP contribution in [0.4, 0.5) is 0 Å². The van der Waals surface area contributed by atoms with Crippen LogP contribution in [0.2, 0.25) is 0 Å². The molecule has 0 aliphatic carbocycles. The lowest BCUT2D eigenvalue weighted by Crippen LogP contribution is -2.11. The average Bonchev–Trinajstić information content (AvgIpc) is 2.66. The monoisotopic (exact) mass is 226 g/mol. The fourth-order valence-corrected chi connectivity index (χ4v) is 2.69. The molecule has 1 rings (SSSR count). The minimum absolute atomic E-state index is 0.990. The lowest BCUT2D eigenvalue weighted by Gasteiger charge is -1.99. The maximum atomic E-state index is 4.70. The van der Waals surface area contributed by atoms with Crippen LogP contribution in [0.25, 0.3) is 0 Å². The van der Waals surface area contributed by atoms with Crippen molar-refractivity contribution in [2.45, 2.75) is 53.0 Å². The van der Waals surface area contributed by atoms with Gasteiger partial charge in [0.25, 0.3) is 0 Å². The van der Waals surface area contributed by atoms with E-state index in [2.05, 4.69) is 26.1 Å². The molecule has 0 unspecified atom stereocenters. The maximum Gasteiger partial charge on any atom is 0.0931 e. The van der Waals surface area contributed by atoms with E-state index in [0.29, 0.717) is 0 Å². The van der Waals surface area contributed by atoms with Gasteiger partial charge in [0.05, 0.1) is 10.7 Å². The molecule has 1 N–H and O–H groups in total. The van der Waals surface area contributed by atoms with Crippen molar-refractivity contribution in [2.24, 2.45) is 0 Å². The van der Waals surface area contributed by atoms with Gasteiger partial charge in [-0.15, -0.1) is 11.3 Å². The van der Waals surface area contributed by atoms with Gasteiger partial charge in [0.2, 0.25) is 0 Å². The number of aryl methyl sites for hydroxylation is 2. The summed E-state index contributed by atoms with van der Waals surface area (Å²) in [5, 5.41) is 4.70. The van der Waals surface area contributed by atoms with E-state index in [0.717, 1.165) is 25.9 Å². The van der Waals surface area contributed by atoms with Gasteiger partial charge in [0.15, 0.2) is 0 Å². The van der Waals surface area contributed by atoms with Crippen LogP contribution in [0.1, 0.15) is 49.2 Å². The standard InChI is InChI=1S/C12H22N2S/c1-4-7-8-12-14-10(5-2)11(15-12)9-13-6-3/h13H,4-9H2,1-3H3. The molecule has 0 aliphatic rings. The maximum absolute atomic E-state index is 4.70. The summed E-state index contributed by atoms with van der Waals surface area (Å²) in [6.45, 7) is 8.58. The van der Waals surface area contributed by atoms with Gasteiger partial charge < -0.3 is 5.32 Å². The highest BCUT2D eigenvalue weighted by atomic mass is 32.1. The summed E-state index contributed by atoms with van der Waals surface area (Å²) < 4.78 is 0. The number of thiazole rings is 1. The van der Waals surface area contributed by atoms with Gasteiger partial charge in [-0.3, -0.25) is 0 Å². The number of hydrogen-bond acceptors (Lipinski definition) is 3. The van der Waals surface area contributed by atoms with E-state index in [1.165, 1.54) is 28.4 Å². The van der Waals surface area contributed by atoms with E-state index < -0.39 is 0 Å². The zero-order chi connectivity index (χ0) is 11.1. The highest BCUT2D eigenvalue weighted by Crippen LogP contribution is 2.20. The molecule has 86 valence electrons. The van der Waals surface area contributed by atoms with E-state index >= 15 is 0 Å². The molecule has 0 aliphatic heterocycles. The lowest BCUT2D eigenvalue weighted by atomic mass is 10.2. The summed E-state index contributed by atoms with van der Waals surface area (Å²) in [4.78, 5) is 6.13. The van der Waals surface area contributed by atoms with E-state index in [-0.39, 0.29) is 0 Å². The van der Waals surface area contributed by atoms with E-state index in [1.807, 2.05) is 11.3 Å². The van der Waals surface area contributed by atoms with E-state index in [1.54, 1.807) is 0 Å². The van der Waals surface area contributed by atoms with Gasteiger partial charge >= 0.3 is 0 Å². The van der Waals surface area contributed by atoms with Crippen LogP contribution in [0.3, 0.4) is 0 Å². The van der Waals surface area contributed by atoms with E-state index in [4.69, 9.17) is 4.98 Å². The first-order valence-electron chi connectivity index (χ1n) is 5.99. The molecule has 3 heteroatoms. The van der Waals surface area contributed by atoms with Crippen LogP contribution in [0.15, 0.2) is 0 Å². The third-order valence-corrected chi connectivity index (χ3v) is 3.59. The van der Waals surface area contributed by atoms with Gasteiger partial charge in [-0.25, -0.2) is 4.98 Å². The van der Waals surface area contributed by atoms with Gasteiger partial charge in [-0.1, -0.05) is 27.2 Å². The molecule has 0 atom stereocenters. The molecular weight excluding hydrogens is 204 g/mol. The minimum atomic E-state index is 0.990. The molecule has 0 bridgehead atoms. The zero-order valence-corrected chi connectivity index (χ0v) is 10.9. The van der Waals surface area contributed by atoms with Gasteiger partial charge in [-0.05, 0) is 25.8 Å². The first-order valence-corrected chi connectivity index (χ1v) is 6.81. The first-order chi connectivity index (χ1) is 7.31. The predicted molar refractivity (Wildman–Crippen MR) is 67.5 cm³/mol. The fourth-order valence-electron chi connectivity index (χ4n) is 1.52. The second-order valence-electron chi connectivity index (χ2n) is 3.71. The quantitative estimate of drug-likeness (QED) is 0.772. The molecule has 0 amide bonds. The van der Waals surface area contributed by atoms with Crippen LogP contribution in [0.5, 0.6) is 0 Å². The second kappa shape index (κ2) is 6.96. The summed E-state index contributed by atoms with van der Waals surface area (Å²) in [6, 6.07) is 0. The smallest absolute Gasteiger partial charge is 0.0931 e. The molecule has 0 fully saturated rings. The third kappa shape index (κ3) is 3.92. The van der Waals surface area contributed by atoms with Crippen molar-refractivity contribution in [3.63, 3.8) is 0 Å². The number of nitrogens with one attached hydrogen (secondary N) is 1. The van der Waals surface area contributed by atoms with Crippen molar-refractivity contribution in [2.75, 3.05) is 6.54 Å². The summed E-state index contributed by atoms with van der Waals surface area (Å²) in [6.07, 6.45) is 4.73. The minimum Gasteiger partial charge on any atom is -0.312 e. The van der Waals surface area contributed by atoms with Gasteiger partial charge in [0, 0.05) is 11.4 Å². The molecular formula is C12H22N2S. The van der Waals surface area contributed by atoms with E-state index in [9.17, 15) is 0 Å². The number of unbranched alkanes of at least 4 members (excludes halogenated alkanes) is 1. The Hall–Kier alpha value is -0.410. The first kappa shape index (κ1) is 12.7. The van der Waals surface area contributed by atoms with Crippen molar-refractivity contribution in [3.8, 4) is 0 Å². The summed E-state index contributed by atoms with van der Waals surface area (Å²) in [7, 11) is 0. The number of rotatable bonds is 7. The number of nitrogens with zero attached hydrogens (tertiary/aromatic N) is 1. The largest absolute Gasteiger partial charge is 0.312 e. The molecule has 1 aromatic heterocycles. The Morgan fingerprint density at radius 1 is 1.27 bits per heavy atom. The highest BCUT2D eigenvalue weighted by Gasteiger charge is 2.08. The van der Waals surface area contributed by atoms with Crippen molar-refractivity contribution in [3.05, 3.63) is 15.6 Å². The summed E-state index contributed by atoms with van der Waals surface area (Å²) in [5.74, 6) is 0. The van der Waals surface area contributed by atoms with Crippen molar-refractivity contribution >= 4 is 11.3 Å². The third-order valence-electron chi connectivity index (χ3n) is 2.44. The molecule has 0 radical (unpaired) electrons. The normalized spacial score (nSPS) is 10.9. The van der Waals surface area contributed by atoms with Crippen LogP contribution in [-0.4, -0.2) is 11.5 Å². The molecule has 0 spiro atoms. The van der Waals surface area contributed by atoms with Crippen LogP contribution in [-0.2, 0) is 19.4 Å².